The predicted octanol–water partition coefficient (Wildman–Crippen LogP) is 1.60. The van der Waals surface area contributed by atoms with E-state index in [0.717, 1.165) is 16.8 Å². The summed E-state index contributed by atoms with van der Waals surface area (Å²) in [5.74, 6) is -0.0608. The van der Waals surface area contributed by atoms with Gasteiger partial charge in [0.1, 0.15) is 0 Å². The van der Waals surface area contributed by atoms with Crippen LogP contribution in [0.15, 0.2) is 18.2 Å². The lowest BCUT2D eigenvalue weighted by Crippen LogP contribution is -2.38. The third-order valence-electron chi connectivity index (χ3n) is 3.13. The molecule has 0 atom stereocenters. The Kier molecular flexibility index (Phi) is 5.71. The van der Waals surface area contributed by atoms with Crippen LogP contribution in [0.2, 0.25) is 0 Å². The molecule has 0 bridgehead atoms. The van der Waals surface area contributed by atoms with Crippen molar-refractivity contribution in [1.82, 2.24) is 4.72 Å². The normalized spacial score (nSPS) is 11.4. The molecular weight excluding hydrogens is 276 g/mol. The molecule has 0 saturated carbocycles. The van der Waals surface area contributed by atoms with Crippen LogP contribution in [-0.4, -0.2) is 33.2 Å². The monoisotopic (exact) mass is 298 g/mol. The van der Waals surface area contributed by atoms with Gasteiger partial charge in [-0.25, -0.2) is 13.1 Å². The summed E-state index contributed by atoms with van der Waals surface area (Å²) < 4.78 is 25.3. The minimum atomic E-state index is -3.23. The molecule has 20 heavy (non-hydrogen) atoms. The van der Waals surface area contributed by atoms with Crippen LogP contribution in [0.4, 0.5) is 5.69 Å². The van der Waals surface area contributed by atoms with Gasteiger partial charge in [-0.05, 0) is 31.9 Å². The molecule has 112 valence electrons. The number of nitrogens with one attached hydrogen (secondary N) is 1. The summed E-state index contributed by atoms with van der Waals surface area (Å²) in [6.45, 7) is 7.48. The van der Waals surface area contributed by atoms with Crippen molar-refractivity contribution in [3.05, 3.63) is 29.3 Å². The third-order valence-corrected chi connectivity index (χ3v) is 4.53. The van der Waals surface area contributed by atoms with Gasteiger partial charge in [0.15, 0.2) is 0 Å². The molecule has 0 unspecified atom stereocenters. The van der Waals surface area contributed by atoms with Gasteiger partial charge < -0.3 is 4.90 Å². The van der Waals surface area contributed by atoms with Crippen molar-refractivity contribution in [2.75, 3.05) is 23.7 Å². The molecule has 0 radical (unpaired) electrons. The molecule has 1 aromatic carbocycles. The molecule has 0 heterocycles. The number of anilines is 1. The van der Waals surface area contributed by atoms with Crippen LogP contribution < -0.4 is 9.62 Å². The van der Waals surface area contributed by atoms with E-state index in [-0.39, 0.29) is 18.2 Å². The van der Waals surface area contributed by atoms with E-state index in [9.17, 15) is 13.2 Å². The SMILES string of the molecule is CCS(=O)(=O)NCCN(C(C)=O)c1c(C)cccc1C. The van der Waals surface area contributed by atoms with E-state index in [1.54, 1.807) is 11.8 Å². The van der Waals surface area contributed by atoms with Crippen molar-refractivity contribution in [1.29, 1.82) is 0 Å². The topological polar surface area (TPSA) is 66.5 Å². The number of carbonyl (C=O) groups is 1. The van der Waals surface area contributed by atoms with Crippen molar-refractivity contribution in [3.8, 4) is 0 Å². The number of rotatable bonds is 6. The third kappa shape index (κ3) is 4.31. The summed E-state index contributed by atoms with van der Waals surface area (Å²) in [5, 5.41) is 0. The Morgan fingerprint density at radius 2 is 1.80 bits per heavy atom. The molecule has 1 N–H and O–H groups in total. The number of para-hydroxylation sites is 1. The number of amides is 1. The Hall–Kier alpha value is -1.40. The first-order valence-electron chi connectivity index (χ1n) is 6.60. The molecule has 0 aliphatic carbocycles. The second kappa shape index (κ2) is 6.85. The quantitative estimate of drug-likeness (QED) is 0.867. The lowest BCUT2D eigenvalue weighted by molar-refractivity contribution is -0.116. The van der Waals surface area contributed by atoms with Crippen molar-refractivity contribution in [3.63, 3.8) is 0 Å². The zero-order valence-electron chi connectivity index (χ0n) is 12.4. The van der Waals surface area contributed by atoms with Crippen molar-refractivity contribution < 1.29 is 13.2 Å². The average molecular weight is 298 g/mol. The molecular formula is C14H22N2O3S. The number of hydrogen-bond acceptors (Lipinski definition) is 3. The number of hydrogen-bond donors (Lipinski definition) is 1. The van der Waals surface area contributed by atoms with E-state index in [4.69, 9.17) is 0 Å². The second-order valence-corrected chi connectivity index (χ2v) is 6.80. The van der Waals surface area contributed by atoms with Gasteiger partial charge in [0.2, 0.25) is 15.9 Å². The number of carbonyl (C=O) groups excluding carboxylic acids is 1. The van der Waals surface area contributed by atoms with Gasteiger partial charge in [-0.15, -0.1) is 0 Å². The average Bonchev–Trinajstić information content (AvgIpc) is 2.36. The standard InChI is InChI=1S/C14H22N2O3S/c1-5-20(18,19)15-9-10-16(13(4)17)14-11(2)7-6-8-12(14)3/h6-8,15H,5,9-10H2,1-4H3. The molecule has 1 amide bonds. The number of aryl methyl sites for hydroxylation is 2. The second-order valence-electron chi connectivity index (χ2n) is 4.71. The van der Waals surface area contributed by atoms with Crippen LogP contribution in [0.1, 0.15) is 25.0 Å². The molecule has 0 spiro atoms. The van der Waals surface area contributed by atoms with E-state index in [1.165, 1.54) is 6.92 Å². The maximum Gasteiger partial charge on any atom is 0.223 e. The molecule has 1 aromatic rings. The predicted molar refractivity (Wildman–Crippen MR) is 81.4 cm³/mol. The van der Waals surface area contributed by atoms with Crippen LogP contribution in [-0.2, 0) is 14.8 Å². The van der Waals surface area contributed by atoms with Gasteiger partial charge in [0.05, 0.1) is 5.75 Å². The number of benzene rings is 1. The fourth-order valence-corrected chi connectivity index (χ4v) is 2.68. The summed E-state index contributed by atoms with van der Waals surface area (Å²) in [6.07, 6.45) is 0. The highest BCUT2D eigenvalue weighted by Gasteiger charge is 2.16. The number of sulfonamides is 1. The Bertz CT molecular complexity index is 562. The minimum absolute atomic E-state index is 0.0382. The molecule has 0 aliphatic heterocycles. The lowest BCUT2D eigenvalue weighted by atomic mass is 10.1. The van der Waals surface area contributed by atoms with Crippen molar-refractivity contribution in [2.45, 2.75) is 27.7 Å². The maximum absolute atomic E-state index is 11.8. The maximum atomic E-state index is 11.8. The van der Waals surface area contributed by atoms with E-state index in [2.05, 4.69) is 4.72 Å². The van der Waals surface area contributed by atoms with Crippen LogP contribution in [0.5, 0.6) is 0 Å². The van der Waals surface area contributed by atoms with Crippen LogP contribution in [0.3, 0.4) is 0 Å². The first-order chi connectivity index (χ1) is 9.28. The molecule has 1 rings (SSSR count). The summed E-state index contributed by atoms with van der Waals surface area (Å²) in [5.41, 5.74) is 2.85. The van der Waals surface area contributed by atoms with E-state index in [1.807, 2.05) is 32.0 Å². The molecule has 5 nitrogen and oxygen atoms in total. The number of nitrogens with zero attached hydrogens (tertiary/aromatic N) is 1. The highest BCUT2D eigenvalue weighted by molar-refractivity contribution is 7.89. The summed E-state index contributed by atoms with van der Waals surface area (Å²) >= 11 is 0. The van der Waals surface area contributed by atoms with Crippen molar-refractivity contribution in [2.24, 2.45) is 0 Å². The Morgan fingerprint density at radius 1 is 1.25 bits per heavy atom. The molecule has 6 heteroatoms. The lowest BCUT2D eigenvalue weighted by Gasteiger charge is -2.25. The molecule has 0 fully saturated rings. The Morgan fingerprint density at radius 3 is 2.25 bits per heavy atom. The fraction of sp³-hybridized carbons (Fsp3) is 0.500. The fourth-order valence-electron chi connectivity index (χ4n) is 2.07. The Balaban J connectivity index is 2.89. The van der Waals surface area contributed by atoms with E-state index >= 15 is 0 Å². The van der Waals surface area contributed by atoms with Gasteiger partial charge >= 0.3 is 0 Å². The van der Waals surface area contributed by atoms with Gasteiger partial charge in [-0.1, -0.05) is 18.2 Å². The molecule has 0 saturated heterocycles. The van der Waals surface area contributed by atoms with Gasteiger partial charge in [-0.2, -0.15) is 0 Å². The summed E-state index contributed by atoms with van der Waals surface area (Å²) in [7, 11) is -3.23. The summed E-state index contributed by atoms with van der Waals surface area (Å²) in [6, 6.07) is 5.81. The van der Waals surface area contributed by atoms with Gasteiger partial charge in [-0.3, -0.25) is 4.79 Å². The summed E-state index contributed by atoms with van der Waals surface area (Å²) in [4.78, 5) is 13.4. The van der Waals surface area contributed by atoms with E-state index < -0.39 is 10.0 Å². The zero-order chi connectivity index (χ0) is 15.3. The van der Waals surface area contributed by atoms with Gasteiger partial charge in [0.25, 0.3) is 0 Å². The van der Waals surface area contributed by atoms with Crippen molar-refractivity contribution >= 4 is 21.6 Å². The van der Waals surface area contributed by atoms with Crippen LogP contribution >= 0.6 is 0 Å². The largest absolute Gasteiger partial charge is 0.311 e. The molecule has 0 aliphatic rings. The van der Waals surface area contributed by atoms with Gasteiger partial charge in [0, 0.05) is 25.7 Å². The molecule has 0 aromatic heterocycles. The minimum Gasteiger partial charge on any atom is -0.311 e. The highest BCUT2D eigenvalue weighted by atomic mass is 32.2. The van der Waals surface area contributed by atoms with Crippen LogP contribution in [0, 0.1) is 13.8 Å². The smallest absolute Gasteiger partial charge is 0.223 e. The Labute approximate surface area is 121 Å². The van der Waals surface area contributed by atoms with Crippen LogP contribution in [0.25, 0.3) is 0 Å². The first-order valence-corrected chi connectivity index (χ1v) is 8.25. The first kappa shape index (κ1) is 16.7. The zero-order valence-corrected chi connectivity index (χ0v) is 13.3. The van der Waals surface area contributed by atoms with E-state index in [0.29, 0.717) is 6.54 Å². The highest BCUT2D eigenvalue weighted by Crippen LogP contribution is 2.24.